The van der Waals surface area contributed by atoms with Gasteiger partial charge < -0.3 is 4.90 Å². The SMILES string of the molecule is Cc1ccc(C(=O)N(C)C2CCCCC2)nc1. The third kappa shape index (κ3) is 2.84. The van der Waals surface area contributed by atoms with Crippen LogP contribution in [0.1, 0.15) is 48.2 Å². The lowest BCUT2D eigenvalue weighted by Gasteiger charge is -2.31. The second kappa shape index (κ2) is 5.30. The van der Waals surface area contributed by atoms with Crippen LogP contribution >= 0.6 is 0 Å². The summed E-state index contributed by atoms with van der Waals surface area (Å²) >= 11 is 0. The molecule has 2 rings (SSSR count). The molecule has 1 fully saturated rings. The van der Waals surface area contributed by atoms with Gasteiger partial charge in [0, 0.05) is 19.3 Å². The first-order valence-electron chi connectivity index (χ1n) is 6.38. The van der Waals surface area contributed by atoms with Gasteiger partial charge in [0.2, 0.25) is 0 Å². The maximum absolute atomic E-state index is 12.2. The molecule has 0 saturated heterocycles. The fourth-order valence-corrected chi connectivity index (χ4v) is 2.41. The van der Waals surface area contributed by atoms with E-state index in [9.17, 15) is 4.79 Å². The number of rotatable bonds is 2. The van der Waals surface area contributed by atoms with Crippen molar-refractivity contribution in [3.05, 3.63) is 29.6 Å². The van der Waals surface area contributed by atoms with Crippen LogP contribution in [0.4, 0.5) is 0 Å². The maximum Gasteiger partial charge on any atom is 0.272 e. The molecule has 92 valence electrons. The Morgan fingerprint density at radius 3 is 2.59 bits per heavy atom. The van der Waals surface area contributed by atoms with Crippen LogP contribution in [0.25, 0.3) is 0 Å². The highest BCUT2D eigenvalue weighted by atomic mass is 16.2. The summed E-state index contributed by atoms with van der Waals surface area (Å²) in [4.78, 5) is 18.3. The lowest BCUT2D eigenvalue weighted by Crippen LogP contribution is -2.38. The normalized spacial score (nSPS) is 16.8. The molecule has 0 bridgehead atoms. The molecule has 3 heteroatoms. The van der Waals surface area contributed by atoms with E-state index >= 15 is 0 Å². The van der Waals surface area contributed by atoms with Gasteiger partial charge in [-0.2, -0.15) is 0 Å². The number of hydrogen-bond donors (Lipinski definition) is 0. The van der Waals surface area contributed by atoms with Crippen molar-refractivity contribution in [2.75, 3.05) is 7.05 Å². The lowest BCUT2D eigenvalue weighted by molar-refractivity contribution is 0.0690. The Kier molecular flexibility index (Phi) is 3.77. The Balaban J connectivity index is 2.05. The van der Waals surface area contributed by atoms with Crippen LogP contribution in [-0.2, 0) is 0 Å². The lowest BCUT2D eigenvalue weighted by atomic mass is 9.94. The number of pyridine rings is 1. The van der Waals surface area contributed by atoms with Crippen LogP contribution in [0.3, 0.4) is 0 Å². The van der Waals surface area contributed by atoms with Crippen molar-refractivity contribution >= 4 is 5.91 Å². The first-order chi connectivity index (χ1) is 8.18. The first-order valence-corrected chi connectivity index (χ1v) is 6.38. The average molecular weight is 232 g/mol. The molecular weight excluding hydrogens is 212 g/mol. The van der Waals surface area contributed by atoms with Crippen molar-refractivity contribution in [1.82, 2.24) is 9.88 Å². The third-order valence-electron chi connectivity index (χ3n) is 3.57. The molecule has 0 aromatic carbocycles. The van der Waals surface area contributed by atoms with E-state index in [4.69, 9.17) is 0 Å². The van der Waals surface area contributed by atoms with E-state index in [2.05, 4.69) is 4.98 Å². The van der Waals surface area contributed by atoms with Gasteiger partial charge in [-0.3, -0.25) is 9.78 Å². The fourth-order valence-electron chi connectivity index (χ4n) is 2.41. The van der Waals surface area contributed by atoms with Gasteiger partial charge in [-0.05, 0) is 31.4 Å². The van der Waals surface area contributed by atoms with E-state index in [-0.39, 0.29) is 5.91 Å². The zero-order valence-corrected chi connectivity index (χ0v) is 10.6. The van der Waals surface area contributed by atoms with E-state index < -0.39 is 0 Å². The van der Waals surface area contributed by atoms with Crippen LogP contribution in [-0.4, -0.2) is 28.9 Å². The predicted molar refractivity (Wildman–Crippen MR) is 67.9 cm³/mol. The number of nitrogens with zero attached hydrogens (tertiary/aromatic N) is 2. The summed E-state index contributed by atoms with van der Waals surface area (Å²) in [6, 6.07) is 4.16. The van der Waals surface area contributed by atoms with Gasteiger partial charge in [0.1, 0.15) is 5.69 Å². The molecule has 1 aromatic heterocycles. The highest BCUT2D eigenvalue weighted by Crippen LogP contribution is 2.22. The summed E-state index contributed by atoms with van der Waals surface area (Å²) in [5.41, 5.74) is 1.64. The summed E-state index contributed by atoms with van der Waals surface area (Å²) in [6.45, 7) is 1.98. The van der Waals surface area contributed by atoms with Crippen LogP contribution in [0.2, 0.25) is 0 Å². The van der Waals surface area contributed by atoms with Gasteiger partial charge in [-0.25, -0.2) is 0 Å². The minimum atomic E-state index is 0.0527. The molecule has 0 spiro atoms. The highest BCUT2D eigenvalue weighted by molar-refractivity contribution is 5.92. The molecule has 1 aliphatic carbocycles. The predicted octanol–water partition coefficient (Wildman–Crippen LogP) is 2.79. The zero-order chi connectivity index (χ0) is 12.3. The fraction of sp³-hybridized carbons (Fsp3) is 0.571. The van der Waals surface area contributed by atoms with E-state index in [1.54, 1.807) is 6.20 Å². The average Bonchev–Trinajstić information content (AvgIpc) is 2.39. The Morgan fingerprint density at radius 2 is 2.00 bits per heavy atom. The van der Waals surface area contributed by atoms with Crippen molar-refractivity contribution in [1.29, 1.82) is 0 Å². The summed E-state index contributed by atoms with van der Waals surface area (Å²) in [7, 11) is 1.90. The van der Waals surface area contributed by atoms with E-state index in [0.717, 1.165) is 18.4 Å². The number of amides is 1. The Bertz CT molecular complexity index is 380. The van der Waals surface area contributed by atoms with Gasteiger partial charge in [0.15, 0.2) is 0 Å². The molecular formula is C14H20N2O. The van der Waals surface area contributed by atoms with E-state index in [1.165, 1.54) is 19.3 Å². The summed E-state index contributed by atoms with van der Waals surface area (Å²) in [6.07, 6.45) is 7.80. The van der Waals surface area contributed by atoms with Crippen LogP contribution < -0.4 is 0 Å². The van der Waals surface area contributed by atoms with Crippen molar-refractivity contribution in [2.45, 2.75) is 45.1 Å². The molecule has 0 unspecified atom stereocenters. The van der Waals surface area contributed by atoms with Gasteiger partial charge in [-0.1, -0.05) is 25.3 Å². The second-order valence-corrected chi connectivity index (χ2v) is 4.93. The van der Waals surface area contributed by atoms with Crippen molar-refractivity contribution in [3.8, 4) is 0 Å². The number of carbonyl (C=O) groups excluding carboxylic acids is 1. The molecule has 1 heterocycles. The van der Waals surface area contributed by atoms with Crippen LogP contribution in [0.5, 0.6) is 0 Å². The number of aryl methyl sites for hydroxylation is 1. The minimum Gasteiger partial charge on any atom is -0.337 e. The summed E-state index contributed by atoms with van der Waals surface area (Å²) < 4.78 is 0. The van der Waals surface area contributed by atoms with Crippen molar-refractivity contribution < 1.29 is 4.79 Å². The molecule has 0 radical (unpaired) electrons. The summed E-state index contributed by atoms with van der Waals surface area (Å²) in [5.74, 6) is 0.0527. The molecule has 0 aliphatic heterocycles. The Morgan fingerprint density at radius 1 is 1.29 bits per heavy atom. The molecule has 1 aromatic rings. The molecule has 3 nitrogen and oxygen atoms in total. The standard InChI is InChI=1S/C14H20N2O/c1-11-8-9-13(15-10-11)14(17)16(2)12-6-4-3-5-7-12/h8-10,12H,3-7H2,1-2H3. The maximum atomic E-state index is 12.2. The van der Waals surface area contributed by atoms with Crippen molar-refractivity contribution in [3.63, 3.8) is 0 Å². The largest absolute Gasteiger partial charge is 0.337 e. The van der Waals surface area contributed by atoms with E-state index in [0.29, 0.717) is 11.7 Å². The van der Waals surface area contributed by atoms with E-state index in [1.807, 2.05) is 31.0 Å². The topological polar surface area (TPSA) is 33.2 Å². The summed E-state index contributed by atoms with van der Waals surface area (Å²) in [5, 5.41) is 0. The molecule has 1 aliphatic rings. The van der Waals surface area contributed by atoms with Gasteiger partial charge in [0.25, 0.3) is 5.91 Å². The third-order valence-corrected chi connectivity index (χ3v) is 3.57. The molecule has 17 heavy (non-hydrogen) atoms. The molecule has 1 saturated carbocycles. The monoisotopic (exact) mass is 232 g/mol. The second-order valence-electron chi connectivity index (χ2n) is 4.93. The molecule has 0 N–H and O–H groups in total. The minimum absolute atomic E-state index is 0.0527. The van der Waals surface area contributed by atoms with Crippen molar-refractivity contribution in [2.24, 2.45) is 0 Å². The number of hydrogen-bond acceptors (Lipinski definition) is 2. The van der Waals surface area contributed by atoms with Crippen LogP contribution in [0, 0.1) is 6.92 Å². The zero-order valence-electron chi connectivity index (χ0n) is 10.6. The molecule has 0 atom stereocenters. The molecule has 1 amide bonds. The smallest absolute Gasteiger partial charge is 0.272 e. The van der Waals surface area contributed by atoms with Gasteiger partial charge in [-0.15, -0.1) is 0 Å². The highest BCUT2D eigenvalue weighted by Gasteiger charge is 2.23. The Hall–Kier alpha value is -1.38. The Labute approximate surface area is 103 Å². The van der Waals surface area contributed by atoms with Crippen LogP contribution in [0.15, 0.2) is 18.3 Å². The number of carbonyl (C=O) groups is 1. The van der Waals surface area contributed by atoms with Gasteiger partial charge in [0.05, 0.1) is 0 Å². The first kappa shape index (κ1) is 12.1. The van der Waals surface area contributed by atoms with Gasteiger partial charge >= 0.3 is 0 Å². The quantitative estimate of drug-likeness (QED) is 0.785. The number of aromatic nitrogens is 1.